The molecule has 0 bridgehead atoms. The molecule has 13 heavy (non-hydrogen) atoms. The number of rotatable bonds is 5. The summed E-state index contributed by atoms with van der Waals surface area (Å²) in [4.78, 5) is 10.7. The fourth-order valence-corrected chi connectivity index (χ4v) is 0.933. The highest BCUT2D eigenvalue weighted by molar-refractivity contribution is 6.16. The van der Waals surface area contributed by atoms with Crippen LogP contribution >= 0.6 is 11.6 Å². The quantitative estimate of drug-likeness (QED) is 0.241. The number of quaternary nitrogens is 1. The molecular formula is C8H17Cl2NO2. The van der Waals surface area contributed by atoms with Gasteiger partial charge in [0.15, 0.2) is 6.00 Å². The standard InChI is InChI=1S/C8H17ClNO2.ClH/c1-10(2,7-9)6-4-5-8(11)12-3;/h4-7H2,1-3H3;1H/q+1;/p-1. The van der Waals surface area contributed by atoms with Crippen molar-refractivity contribution in [3.63, 3.8) is 0 Å². The number of methoxy groups -OCH3 is 1. The average molecular weight is 230 g/mol. The van der Waals surface area contributed by atoms with Crippen LogP contribution in [0.25, 0.3) is 0 Å². The van der Waals surface area contributed by atoms with E-state index in [1.165, 1.54) is 7.11 Å². The van der Waals surface area contributed by atoms with Crippen molar-refractivity contribution in [2.45, 2.75) is 12.8 Å². The van der Waals surface area contributed by atoms with E-state index in [0.717, 1.165) is 17.4 Å². The Morgan fingerprint density at radius 2 is 2.00 bits per heavy atom. The summed E-state index contributed by atoms with van der Waals surface area (Å²) in [6, 6.07) is 0.571. The summed E-state index contributed by atoms with van der Waals surface area (Å²) in [5.41, 5.74) is 0. The zero-order valence-corrected chi connectivity index (χ0v) is 9.86. The van der Waals surface area contributed by atoms with E-state index in [2.05, 4.69) is 4.74 Å². The Morgan fingerprint density at radius 1 is 1.46 bits per heavy atom. The van der Waals surface area contributed by atoms with Gasteiger partial charge in [-0.25, -0.2) is 0 Å². The number of hydrogen-bond donors (Lipinski definition) is 0. The topological polar surface area (TPSA) is 26.3 Å². The lowest BCUT2D eigenvalue weighted by atomic mass is 10.3. The largest absolute Gasteiger partial charge is 1.00 e. The third-order valence-electron chi connectivity index (χ3n) is 1.70. The van der Waals surface area contributed by atoms with Crippen LogP contribution in [-0.4, -0.2) is 44.2 Å². The van der Waals surface area contributed by atoms with E-state index in [-0.39, 0.29) is 18.4 Å². The normalized spacial score (nSPS) is 10.5. The second-order valence-corrected chi connectivity index (χ2v) is 3.70. The molecule has 0 aromatic carbocycles. The third kappa shape index (κ3) is 8.34. The van der Waals surface area contributed by atoms with Crippen molar-refractivity contribution in [2.24, 2.45) is 0 Å². The number of alkyl halides is 1. The highest BCUT2D eigenvalue weighted by atomic mass is 35.5. The number of halogens is 2. The van der Waals surface area contributed by atoms with Gasteiger partial charge < -0.3 is 21.6 Å². The summed E-state index contributed by atoms with van der Waals surface area (Å²) in [6.07, 6.45) is 1.31. The van der Waals surface area contributed by atoms with E-state index in [1.807, 2.05) is 14.1 Å². The van der Waals surface area contributed by atoms with E-state index in [4.69, 9.17) is 11.6 Å². The Balaban J connectivity index is 0. The smallest absolute Gasteiger partial charge is 0.305 e. The summed E-state index contributed by atoms with van der Waals surface area (Å²) in [5.74, 6) is -0.149. The van der Waals surface area contributed by atoms with Crippen molar-refractivity contribution in [2.75, 3.05) is 33.8 Å². The van der Waals surface area contributed by atoms with Crippen LogP contribution in [0.15, 0.2) is 0 Å². The second kappa shape index (κ2) is 7.42. The molecule has 0 unspecified atom stereocenters. The summed E-state index contributed by atoms with van der Waals surface area (Å²) >= 11 is 5.70. The van der Waals surface area contributed by atoms with Gasteiger partial charge >= 0.3 is 5.97 Å². The van der Waals surface area contributed by atoms with Gasteiger partial charge in [0.1, 0.15) is 0 Å². The molecule has 0 amide bonds. The molecule has 0 aromatic heterocycles. The number of esters is 1. The first kappa shape index (κ1) is 15.5. The second-order valence-electron chi connectivity index (χ2n) is 3.46. The number of carbonyl (C=O) groups excluding carboxylic acids is 1. The summed E-state index contributed by atoms with van der Waals surface area (Å²) in [6.45, 7) is 0.901. The van der Waals surface area contributed by atoms with Gasteiger partial charge in [0.2, 0.25) is 0 Å². The maximum absolute atomic E-state index is 10.7. The molecule has 0 atom stereocenters. The minimum atomic E-state index is -0.149. The fraction of sp³-hybridized carbons (Fsp3) is 0.875. The van der Waals surface area contributed by atoms with Crippen molar-refractivity contribution in [1.82, 2.24) is 0 Å². The average Bonchev–Trinajstić information content (AvgIpc) is 2.04. The Morgan fingerprint density at radius 3 is 2.38 bits per heavy atom. The third-order valence-corrected chi connectivity index (χ3v) is 2.34. The molecule has 0 heterocycles. The molecule has 0 aliphatic rings. The van der Waals surface area contributed by atoms with Crippen molar-refractivity contribution in [3.05, 3.63) is 0 Å². The molecule has 0 saturated heterocycles. The highest BCUT2D eigenvalue weighted by Crippen LogP contribution is 2.03. The summed E-state index contributed by atoms with van der Waals surface area (Å²) < 4.78 is 5.25. The van der Waals surface area contributed by atoms with Crippen LogP contribution in [0.1, 0.15) is 12.8 Å². The number of carbonyl (C=O) groups is 1. The Labute approximate surface area is 91.0 Å². The Kier molecular flexibility index (Phi) is 8.83. The van der Waals surface area contributed by atoms with Gasteiger partial charge in [0.25, 0.3) is 0 Å². The van der Waals surface area contributed by atoms with Crippen LogP contribution < -0.4 is 12.4 Å². The predicted molar refractivity (Wildman–Crippen MR) is 48.9 cm³/mol. The zero-order chi connectivity index (χ0) is 9.61. The SMILES string of the molecule is COC(=O)CCC[N+](C)(C)CCl.[Cl-]. The molecule has 3 nitrogen and oxygen atoms in total. The zero-order valence-electron chi connectivity index (χ0n) is 8.35. The first-order valence-corrected chi connectivity index (χ1v) is 4.50. The first-order chi connectivity index (χ1) is 5.52. The minimum absolute atomic E-state index is 0. The Bertz CT molecular complexity index is 151. The highest BCUT2D eigenvalue weighted by Gasteiger charge is 2.13. The van der Waals surface area contributed by atoms with Gasteiger partial charge in [-0.3, -0.25) is 4.79 Å². The van der Waals surface area contributed by atoms with Crippen LogP contribution in [0, 0.1) is 0 Å². The molecule has 0 aliphatic carbocycles. The van der Waals surface area contributed by atoms with Gasteiger partial charge in [0, 0.05) is 6.42 Å². The maximum atomic E-state index is 10.7. The van der Waals surface area contributed by atoms with Gasteiger partial charge in [0.05, 0.1) is 34.2 Å². The molecule has 0 spiro atoms. The summed E-state index contributed by atoms with van der Waals surface area (Å²) in [7, 11) is 5.47. The maximum Gasteiger partial charge on any atom is 0.305 e. The van der Waals surface area contributed by atoms with Gasteiger partial charge in [-0.05, 0) is 0 Å². The van der Waals surface area contributed by atoms with Crippen molar-refractivity contribution >= 4 is 17.6 Å². The minimum Gasteiger partial charge on any atom is -1.00 e. The number of ether oxygens (including phenoxy) is 1. The molecule has 0 fully saturated rings. The number of hydrogen-bond acceptors (Lipinski definition) is 2. The number of nitrogens with zero attached hydrogens (tertiary/aromatic N) is 1. The molecule has 0 aromatic rings. The molecule has 0 saturated carbocycles. The van der Waals surface area contributed by atoms with Crippen LogP contribution in [0.5, 0.6) is 0 Å². The first-order valence-electron chi connectivity index (χ1n) is 3.96. The van der Waals surface area contributed by atoms with Crippen LogP contribution in [-0.2, 0) is 9.53 Å². The van der Waals surface area contributed by atoms with E-state index >= 15 is 0 Å². The van der Waals surface area contributed by atoms with Gasteiger partial charge in [-0.1, -0.05) is 11.6 Å². The van der Waals surface area contributed by atoms with Gasteiger partial charge in [-0.15, -0.1) is 0 Å². The van der Waals surface area contributed by atoms with E-state index in [0.29, 0.717) is 12.4 Å². The fourth-order valence-electron chi connectivity index (χ4n) is 0.813. The van der Waals surface area contributed by atoms with E-state index in [9.17, 15) is 4.79 Å². The molecule has 80 valence electrons. The monoisotopic (exact) mass is 229 g/mol. The van der Waals surface area contributed by atoms with Gasteiger partial charge in [-0.2, -0.15) is 0 Å². The Hall–Kier alpha value is 0.01000. The van der Waals surface area contributed by atoms with E-state index in [1.54, 1.807) is 0 Å². The molecule has 0 radical (unpaired) electrons. The van der Waals surface area contributed by atoms with Crippen LogP contribution in [0.4, 0.5) is 0 Å². The molecule has 0 aliphatic heterocycles. The molecule has 5 heteroatoms. The van der Waals surface area contributed by atoms with E-state index < -0.39 is 0 Å². The lowest BCUT2D eigenvalue weighted by Gasteiger charge is -2.26. The van der Waals surface area contributed by atoms with Crippen molar-refractivity contribution in [1.29, 1.82) is 0 Å². The van der Waals surface area contributed by atoms with Crippen molar-refractivity contribution in [3.8, 4) is 0 Å². The summed E-state index contributed by atoms with van der Waals surface area (Å²) in [5, 5.41) is 0. The lowest BCUT2D eigenvalue weighted by molar-refractivity contribution is -0.879. The van der Waals surface area contributed by atoms with Crippen molar-refractivity contribution < 1.29 is 26.4 Å². The molecule has 0 rings (SSSR count). The predicted octanol–water partition coefficient (Wildman–Crippen LogP) is -1.78. The lowest BCUT2D eigenvalue weighted by Crippen LogP contribution is -3.00. The molecule has 0 N–H and O–H groups in total. The molecular weight excluding hydrogens is 213 g/mol. The van der Waals surface area contributed by atoms with Crippen LogP contribution in [0.3, 0.4) is 0 Å². The van der Waals surface area contributed by atoms with Crippen LogP contribution in [0.2, 0.25) is 0 Å².